The summed E-state index contributed by atoms with van der Waals surface area (Å²) in [5, 5.41) is 0. The first-order valence-corrected chi connectivity index (χ1v) is 8.96. The number of aryl methyl sites for hydroxylation is 2. The molecule has 0 spiro atoms. The van der Waals surface area contributed by atoms with Crippen molar-refractivity contribution < 1.29 is 9.59 Å². The first-order chi connectivity index (χ1) is 9.90. The van der Waals surface area contributed by atoms with E-state index in [-0.39, 0.29) is 33.3 Å². The van der Waals surface area contributed by atoms with Gasteiger partial charge in [-0.25, -0.2) is 4.90 Å². The fourth-order valence-corrected chi connectivity index (χ4v) is 4.63. The van der Waals surface area contributed by atoms with Crippen molar-refractivity contribution in [1.29, 1.82) is 0 Å². The third-order valence-electron chi connectivity index (χ3n) is 4.50. The van der Waals surface area contributed by atoms with Crippen molar-refractivity contribution in [1.82, 2.24) is 0 Å². The van der Waals surface area contributed by atoms with Crippen molar-refractivity contribution in [3.05, 3.63) is 29.3 Å². The zero-order chi connectivity index (χ0) is 15.3. The Bertz CT molecular complexity index is 588. The molecule has 112 valence electrons. The summed E-state index contributed by atoms with van der Waals surface area (Å²) in [5.41, 5.74) is 2.84. The number of imide groups is 1. The molecule has 4 atom stereocenters. The molecule has 0 unspecified atom stereocenters. The third kappa shape index (κ3) is 2.48. The SMILES string of the molecule is Cc1ccc(N2C(=O)[C@H]3C[C@@H](Br)[C@H](Br)C[C@@H]3C2=O)c(C)c1. The van der Waals surface area contributed by atoms with E-state index in [9.17, 15) is 9.59 Å². The number of carbonyl (C=O) groups is 2. The van der Waals surface area contributed by atoms with E-state index in [0.717, 1.165) is 16.8 Å². The normalized spacial score (nSPS) is 32.5. The first-order valence-electron chi connectivity index (χ1n) is 7.13. The molecule has 1 saturated carbocycles. The van der Waals surface area contributed by atoms with E-state index >= 15 is 0 Å². The third-order valence-corrected chi connectivity index (χ3v) is 7.24. The van der Waals surface area contributed by atoms with E-state index in [0.29, 0.717) is 12.8 Å². The van der Waals surface area contributed by atoms with Gasteiger partial charge in [0.25, 0.3) is 0 Å². The van der Waals surface area contributed by atoms with Crippen LogP contribution in [0.4, 0.5) is 5.69 Å². The lowest BCUT2D eigenvalue weighted by Gasteiger charge is -2.29. The van der Waals surface area contributed by atoms with Crippen LogP contribution in [0.25, 0.3) is 0 Å². The van der Waals surface area contributed by atoms with Crippen LogP contribution in [0.15, 0.2) is 18.2 Å². The predicted octanol–water partition coefficient (Wildman–Crippen LogP) is 3.73. The largest absolute Gasteiger partial charge is 0.274 e. The number of nitrogens with zero attached hydrogens (tertiary/aromatic N) is 1. The van der Waals surface area contributed by atoms with Gasteiger partial charge in [-0.3, -0.25) is 9.59 Å². The summed E-state index contributed by atoms with van der Waals surface area (Å²) in [6.07, 6.45) is 1.43. The molecule has 5 heteroatoms. The highest BCUT2D eigenvalue weighted by atomic mass is 79.9. The van der Waals surface area contributed by atoms with Gasteiger partial charge in [0.2, 0.25) is 11.8 Å². The van der Waals surface area contributed by atoms with Gasteiger partial charge in [-0.1, -0.05) is 49.6 Å². The van der Waals surface area contributed by atoms with Gasteiger partial charge in [-0.15, -0.1) is 0 Å². The number of fused-ring (bicyclic) bond motifs is 1. The fraction of sp³-hybridized carbons (Fsp3) is 0.500. The Morgan fingerprint density at radius 3 is 2.00 bits per heavy atom. The number of anilines is 1. The lowest BCUT2D eigenvalue weighted by Crippen LogP contribution is -2.34. The number of carbonyl (C=O) groups excluding carboxylic acids is 2. The molecule has 2 fully saturated rings. The minimum Gasteiger partial charge on any atom is -0.274 e. The molecule has 1 aromatic rings. The maximum Gasteiger partial charge on any atom is 0.237 e. The summed E-state index contributed by atoms with van der Waals surface area (Å²) in [6, 6.07) is 5.85. The van der Waals surface area contributed by atoms with Crippen molar-refractivity contribution in [2.45, 2.75) is 36.3 Å². The summed E-state index contributed by atoms with van der Waals surface area (Å²) < 4.78 is 0. The molecule has 1 aromatic carbocycles. The molecule has 0 aromatic heterocycles. The van der Waals surface area contributed by atoms with Crippen LogP contribution in [0.1, 0.15) is 24.0 Å². The van der Waals surface area contributed by atoms with Gasteiger partial charge >= 0.3 is 0 Å². The van der Waals surface area contributed by atoms with Gasteiger partial charge in [0.05, 0.1) is 17.5 Å². The molecule has 0 N–H and O–H groups in total. The van der Waals surface area contributed by atoms with Crippen LogP contribution in [0.2, 0.25) is 0 Å². The second kappa shape index (κ2) is 5.51. The topological polar surface area (TPSA) is 37.4 Å². The van der Waals surface area contributed by atoms with Gasteiger partial charge in [0.15, 0.2) is 0 Å². The lowest BCUT2D eigenvalue weighted by molar-refractivity contribution is -0.122. The lowest BCUT2D eigenvalue weighted by atomic mass is 9.81. The van der Waals surface area contributed by atoms with E-state index in [1.807, 2.05) is 32.0 Å². The summed E-state index contributed by atoms with van der Waals surface area (Å²) in [7, 11) is 0. The number of halogens is 2. The van der Waals surface area contributed by atoms with E-state index < -0.39 is 0 Å². The maximum absolute atomic E-state index is 12.7. The summed E-state index contributed by atoms with van der Waals surface area (Å²) in [4.78, 5) is 27.3. The highest BCUT2D eigenvalue weighted by Gasteiger charge is 2.52. The van der Waals surface area contributed by atoms with Crippen LogP contribution in [0.3, 0.4) is 0 Å². The second-order valence-corrected chi connectivity index (χ2v) is 8.37. The summed E-state index contributed by atoms with van der Waals surface area (Å²) >= 11 is 7.22. The van der Waals surface area contributed by atoms with Gasteiger partial charge in [-0.2, -0.15) is 0 Å². The molecule has 21 heavy (non-hydrogen) atoms. The minimum atomic E-state index is -0.184. The Morgan fingerprint density at radius 2 is 1.52 bits per heavy atom. The monoisotopic (exact) mass is 413 g/mol. The Labute approximate surface area is 141 Å². The Morgan fingerprint density at radius 1 is 1.00 bits per heavy atom. The molecular formula is C16H17Br2NO2. The van der Waals surface area contributed by atoms with E-state index in [1.54, 1.807) is 0 Å². The number of benzene rings is 1. The van der Waals surface area contributed by atoms with Crippen molar-refractivity contribution in [2.24, 2.45) is 11.8 Å². The average Bonchev–Trinajstić information content (AvgIpc) is 2.64. The smallest absolute Gasteiger partial charge is 0.237 e. The standard InChI is InChI=1S/C16H17Br2NO2/c1-8-3-4-14(9(2)5-8)19-15(20)10-6-12(17)13(18)7-11(10)16(19)21/h3-5,10-13H,6-7H2,1-2H3/t10-,11-,12+,13+/m0/s1. The summed E-state index contributed by atoms with van der Waals surface area (Å²) in [5.74, 6) is -0.450. The molecule has 3 rings (SSSR count). The summed E-state index contributed by atoms with van der Waals surface area (Å²) in [6.45, 7) is 3.96. The Balaban J connectivity index is 1.97. The minimum absolute atomic E-state index is 0.0409. The zero-order valence-corrected chi connectivity index (χ0v) is 15.1. The average molecular weight is 415 g/mol. The van der Waals surface area contributed by atoms with Gasteiger partial charge in [-0.05, 0) is 38.3 Å². The quantitative estimate of drug-likeness (QED) is 0.518. The predicted molar refractivity (Wildman–Crippen MR) is 90.1 cm³/mol. The number of amides is 2. The van der Waals surface area contributed by atoms with Gasteiger partial charge < -0.3 is 0 Å². The van der Waals surface area contributed by atoms with Crippen LogP contribution in [-0.2, 0) is 9.59 Å². The molecule has 1 heterocycles. The van der Waals surface area contributed by atoms with Crippen LogP contribution in [-0.4, -0.2) is 21.5 Å². The van der Waals surface area contributed by atoms with Crippen LogP contribution in [0.5, 0.6) is 0 Å². The zero-order valence-electron chi connectivity index (χ0n) is 12.0. The van der Waals surface area contributed by atoms with E-state index in [2.05, 4.69) is 31.9 Å². The second-order valence-electron chi connectivity index (χ2n) is 6.02. The van der Waals surface area contributed by atoms with Crippen LogP contribution < -0.4 is 4.90 Å². The fourth-order valence-electron chi connectivity index (χ4n) is 3.39. The number of hydrogen-bond donors (Lipinski definition) is 0. The highest BCUT2D eigenvalue weighted by molar-refractivity contribution is 9.12. The van der Waals surface area contributed by atoms with Crippen molar-refractivity contribution in [2.75, 3.05) is 4.90 Å². The molecule has 1 aliphatic heterocycles. The Kier molecular flexibility index (Phi) is 3.99. The van der Waals surface area contributed by atoms with Crippen molar-refractivity contribution in [3.8, 4) is 0 Å². The van der Waals surface area contributed by atoms with Crippen LogP contribution in [0, 0.1) is 25.7 Å². The van der Waals surface area contributed by atoms with Crippen molar-refractivity contribution in [3.63, 3.8) is 0 Å². The molecule has 3 nitrogen and oxygen atoms in total. The number of hydrogen-bond acceptors (Lipinski definition) is 2. The molecule has 1 aliphatic carbocycles. The van der Waals surface area contributed by atoms with Crippen molar-refractivity contribution >= 4 is 49.4 Å². The molecule has 0 bridgehead atoms. The highest BCUT2D eigenvalue weighted by Crippen LogP contribution is 2.44. The van der Waals surface area contributed by atoms with Gasteiger partial charge in [0.1, 0.15) is 0 Å². The van der Waals surface area contributed by atoms with Gasteiger partial charge in [0, 0.05) is 9.65 Å². The molecule has 2 aliphatic rings. The Hall–Kier alpha value is -0.680. The van der Waals surface area contributed by atoms with E-state index in [1.165, 1.54) is 4.90 Å². The molecule has 1 saturated heterocycles. The first kappa shape index (κ1) is 15.2. The molecular weight excluding hydrogens is 398 g/mol. The molecule has 2 amide bonds. The van der Waals surface area contributed by atoms with Crippen LogP contribution >= 0.6 is 31.9 Å². The van der Waals surface area contributed by atoms with E-state index in [4.69, 9.17) is 0 Å². The number of alkyl halides is 2. The number of rotatable bonds is 1. The molecule has 0 radical (unpaired) electrons. The maximum atomic E-state index is 12.7.